The number of hydrogen-bond acceptors (Lipinski definition) is 4. The Morgan fingerprint density at radius 2 is 2.38 bits per heavy atom. The van der Waals surface area contributed by atoms with Crippen molar-refractivity contribution in [2.75, 3.05) is 7.11 Å². The molecule has 0 radical (unpaired) electrons. The van der Waals surface area contributed by atoms with Gasteiger partial charge in [0.05, 0.1) is 12.7 Å². The number of H-pyrrole nitrogens is 1. The lowest BCUT2D eigenvalue weighted by molar-refractivity contribution is 0.199. The number of nitrogens with one attached hydrogen (secondary N) is 1. The van der Waals surface area contributed by atoms with Gasteiger partial charge in [-0.2, -0.15) is 0 Å². The van der Waals surface area contributed by atoms with Gasteiger partial charge in [0.2, 0.25) is 5.49 Å². The Morgan fingerprint density at radius 3 is 3.15 bits per heavy atom. The average molecular weight is 179 g/mol. The van der Waals surface area contributed by atoms with Crippen molar-refractivity contribution in [1.82, 2.24) is 19.5 Å². The van der Waals surface area contributed by atoms with E-state index >= 15 is 0 Å². The van der Waals surface area contributed by atoms with Gasteiger partial charge >= 0.3 is 0 Å². The van der Waals surface area contributed by atoms with Crippen LogP contribution < -0.4 is 5.49 Å². The molecule has 0 unspecified atom stereocenters. The summed E-state index contributed by atoms with van der Waals surface area (Å²) in [6, 6.07) is 0. The van der Waals surface area contributed by atoms with E-state index in [1.165, 1.54) is 7.11 Å². The van der Waals surface area contributed by atoms with E-state index in [1.54, 1.807) is 17.2 Å². The molecule has 2 heterocycles. The van der Waals surface area contributed by atoms with Gasteiger partial charge in [0.1, 0.15) is 12.6 Å². The second-order valence-corrected chi connectivity index (χ2v) is 2.55. The third-order valence-electron chi connectivity index (χ3n) is 1.71. The first-order valence-electron chi connectivity index (χ1n) is 3.75. The van der Waals surface area contributed by atoms with Crippen molar-refractivity contribution >= 4 is 11.2 Å². The molecule has 0 atom stereocenters. The minimum atomic E-state index is 0.508. The van der Waals surface area contributed by atoms with Crippen molar-refractivity contribution in [3.8, 4) is 0 Å². The smallest absolute Gasteiger partial charge is 0.220 e. The molecule has 68 valence electrons. The molecule has 0 bridgehead atoms. The van der Waals surface area contributed by atoms with Crippen LogP contribution in [0.15, 0.2) is 17.8 Å². The molecule has 6 heteroatoms. The maximum atomic E-state index is 4.65. The van der Waals surface area contributed by atoms with Crippen LogP contribution in [0.1, 0.15) is 0 Å². The van der Waals surface area contributed by atoms with E-state index in [2.05, 4.69) is 24.9 Å². The summed E-state index contributed by atoms with van der Waals surface area (Å²) in [4.78, 5) is 15.8. The summed E-state index contributed by atoms with van der Waals surface area (Å²) in [6.45, 7) is 0. The quantitative estimate of drug-likeness (QED) is 0.614. The van der Waals surface area contributed by atoms with E-state index in [9.17, 15) is 0 Å². The van der Waals surface area contributed by atoms with Crippen LogP contribution in [-0.2, 0) is 11.9 Å². The molecule has 2 rings (SSSR count). The zero-order valence-electron chi connectivity index (χ0n) is 7.35. The van der Waals surface area contributed by atoms with Crippen molar-refractivity contribution < 1.29 is 4.84 Å². The molecule has 2 aromatic heterocycles. The van der Waals surface area contributed by atoms with Crippen molar-refractivity contribution in [2.24, 2.45) is 12.2 Å². The number of imidazole rings is 1. The summed E-state index contributed by atoms with van der Waals surface area (Å²) in [7, 11) is 3.35. The molecule has 6 nitrogen and oxygen atoms in total. The highest BCUT2D eigenvalue weighted by Crippen LogP contribution is 1.99. The summed E-state index contributed by atoms with van der Waals surface area (Å²) in [5.41, 5.74) is 2.07. The number of aryl methyl sites for hydroxylation is 1. The zero-order valence-corrected chi connectivity index (χ0v) is 7.35. The molecule has 2 aromatic rings. The van der Waals surface area contributed by atoms with Gasteiger partial charge in [0.25, 0.3) is 0 Å². The van der Waals surface area contributed by atoms with Crippen LogP contribution in [0.25, 0.3) is 11.2 Å². The highest BCUT2D eigenvalue weighted by atomic mass is 16.6. The number of hydrogen-bond donors (Lipinski definition) is 1. The lowest BCUT2D eigenvalue weighted by atomic mass is 10.5. The maximum absolute atomic E-state index is 4.65. The Labute approximate surface area is 73.9 Å². The van der Waals surface area contributed by atoms with Crippen LogP contribution in [-0.4, -0.2) is 26.6 Å². The summed E-state index contributed by atoms with van der Waals surface area (Å²) >= 11 is 0. The van der Waals surface area contributed by atoms with Crippen molar-refractivity contribution in [3.05, 3.63) is 18.1 Å². The van der Waals surface area contributed by atoms with E-state index in [0.717, 1.165) is 11.2 Å². The summed E-state index contributed by atoms with van der Waals surface area (Å²) in [5.74, 6) is 0. The van der Waals surface area contributed by atoms with Crippen molar-refractivity contribution in [3.63, 3.8) is 0 Å². The highest BCUT2D eigenvalue weighted by molar-refractivity contribution is 5.68. The van der Waals surface area contributed by atoms with Gasteiger partial charge < -0.3 is 14.4 Å². The van der Waals surface area contributed by atoms with Crippen LogP contribution in [0, 0.1) is 0 Å². The minimum absolute atomic E-state index is 0.508. The predicted molar refractivity (Wildman–Crippen MR) is 45.4 cm³/mol. The van der Waals surface area contributed by atoms with Gasteiger partial charge in [-0.25, -0.2) is 9.97 Å². The van der Waals surface area contributed by atoms with Gasteiger partial charge in [-0.3, -0.25) is 0 Å². The van der Waals surface area contributed by atoms with E-state index in [0.29, 0.717) is 5.49 Å². The molecule has 13 heavy (non-hydrogen) atoms. The topological polar surface area (TPSA) is 68.1 Å². The molecule has 0 fully saturated rings. The Hall–Kier alpha value is -1.85. The van der Waals surface area contributed by atoms with Crippen LogP contribution in [0.4, 0.5) is 0 Å². The van der Waals surface area contributed by atoms with Gasteiger partial charge in [-0.15, -0.1) is 0 Å². The van der Waals surface area contributed by atoms with Gasteiger partial charge in [-0.1, -0.05) is 5.16 Å². The van der Waals surface area contributed by atoms with Crippen molar-refractivity contribution in [1.29, 1.82) is 0 Å². The van der Waals surface area contributed by atoms with Crippen LogP contribution in [0.2, 0.25) is 0 Å². The Balaban J connectivity index is 2.86. The number of aromatic nitrogens is 4. The highest BCUT2D eigenvalue weighted by Gasteiger charge is 2.01. The largest absolute Gasteiger partial charge is 0.397 e. The fraction of sp³-hybridized carbons (Fsp3) is 0.286. The van der Waals surface area contributed by atoms with Crippen LogP contribution in [0.3, 0.4) is 0 Å². The Morgan fingerprint density at radius 1 is 1.54 bits per heavy atom. The lowest BCUT2D eigenvalue weighted by Crippen LogP contribution is -2.12. The first kappa shape index (κ1) is 7.78. The van der Waals surface area contributed by atoms with Gasteiger partial charge in [-0.05, 0) is 0 Å². The zero-order chi connectivity index (χ0) is 9.26. The molecule has 0 amide bonds. The maximum Gasteiger partial charge on any atom is 0.220 e. The Bertz CT molecular complexity index is 483. The molecule has 0 aliphatic heterocycles. The standard InChI is InChI=1S/C7H9N5O/c1-12-4-10-6(11-13-2)5-7(12)9-3-8-5/h3-4H,1-2H3,(H,8,9)/b11-6+. The minimum Gasteiger partial charge on any atom is -0.397 e. The average Bonchev–Trinajstić information content (AvgIpc) is 2.59. The molecule has 0 spiro atoms. The molecule has 0 aliphatic rings. The van der Waals surface area contributed by atoms with E-state index in [1.807, 2.05) is 7.05 Å². The molecule has 0 aliphatic carbocycles. The number of fused-ring (bicyclic) bond motifs is 1. The monoisotopic (exact) mass is 179 g/mol. The second-order valence-electron chi connectivity index (χ2n) is 2.55. The first-order chi connectivity index (χ1) is 6.33. The fourth-order valence-corrected chi connectivity index (χ4v) is 1.14. The van der Waals surface area contributed by atoms with Crippen molar-refractivity contribution in [2.45, 2.75) is 0 Å². The third-order valence-corrected chi connectivity index (χ3v) is 1.71. The number of aromatic amines is 1. The SMILES string of the molecule is CO/N=c1/ncn(C)c2nc[nH]c12. The van der Waals surface area contributed by atoms with E-state index < -0.39 is 0 Å². The van der Waals surface area contributed by atoms with Gasteiger partial charge in [0, 0.05) is 7.05 Å². The molecule has 0 aromatic carbocycles. The summed E-state index contributed by atoms with van der Waals surface area (Å²) in [5, 5.41) is 3.75. The summed E-state index contributed by atoms with van der Waals surface area (Å²) in [6.07, 6.45) is 3.24. The molecular formula is C7H9N5O. The van der Waals surface area contributed by atoms with Crippen LogP contribution >= 0.6 is 0 Å². The molecule has 0 saturated carbocycles. The number of nitrogens with zero attached hydrogens (tertiary/aromatic N) is 4. The third kappa shape index (κ3) is 1.16. The predicted octanol–water partition coefficient (Wildman–Crippen LogP) is -0.242. The summed E-state index contributed by atoms with van der Waals surface area (Å²) < 4.78 is 1.81. The molecule has 1 N–H and O–H groups in total. The lowest BCUT2D eigenvalue weighted by Gasteiger charge is -1.97. The normalized spacial score (nSPS) is 12.3. The van der Waals surface area contributed by atoms with E-state index in [4.69, 9.17) is 0 Å². The first-order valence-corrected chi connectivity index (χ1v) is 3.75. The number of rotatable bonds is 1. The molecule has 0 saturated heterocycles. The Kier molecular flexibility index (Phi) is 1.73. The van der Waals surface area contributed by atoms with E-state index in [-0.39, 0.29) is 0 Å². The fourth-order valence-electron chi connectivity index (χ4n) is 1.14. The molecular weight excluding hydrogens is 170 g/mol. The van der Waals surface area contributed by atoms with Gasteiger partial charge in [0.15, 0.2) is 5.65 Å². The van der Waals surface area contributed by atoms with Crippen LogP contribution in [0.5, 0.6) is 0 Å². The second kappa shape index (κ2) is 2.89.